The molecule has 0 aromatic heterocycles. The Morgan fingerprint density at radius 3 is 2.75 bits per heavy atom. The van der Waals surface area contributed by atoms with Gasteiger partial charge in [-0.15, -0.1) is 0 Å². The van der Waals surface area contributed by atoms with Crippen LogP contribution in [0.1, 0.15) is 27.2 Å². The fraction of sp³-hybridized carbons (Fsp3) is 0.889. The third-order valence-corrected chi connectivity index (χ3v) is 1.93. The second kappa shape index (κ2) is 3.54. The predicted molar refractivity (Wildman–Crippen MR) is 44.7 cm³/mol. The van der Waals surface area contributed by atoms with Gasteiger partial charge in [0.05, 0.1) is 12.7 Å². The van der Waals surface area contributed by atoms with Gasteiger partial charge in [-0.05, 0) is 20.3 Å². The topological polar surface area (TPSA) is 35.5 Å². The number of carbonyl (C=O) groups excluding carboxylic acids is 1. The van der Waals surface area contributed by atoms with Crippen molar-refractivity contribution in [2.45, 2.75) is 39.1 Å². The van der Waals surface area contributed by atoms with Crippen LogP contribution < -0.4 is 0 Å². The summed E-state index contributed by atoms with van der Waals surface area (Å²) in [6.45, 7) is 6.27. The second-order valence-electron chi connectivity index (χ2n) is 3.80. The van der Waals surface area contributed by atoms with Crippen LogP contribution >= 0.6 is 0 Å². The Hall–Kier alpha value is -0.410. The minimum Gasteiger partial charge on any atom is -0.348 e. The van der Waals surface area contributed by atoms with Crippen LogP contribution in [0.4, 0.5) is 0 Å². The summed E-state index contributed by atoms with van der Waals surface area (Å²) in [6, 6.07) is 0. The third-order valence-electron chi connectivity index (χ3n) is 1.93. The van der Waals surface area contributed by atoms with Crippen LogP contribution in [0.2, 0.25) is 0 Å². The van der Waals surface area contributed by atoms with Crippen LogP contribution in [0, 0.1) is 5.92 Å². The first-order valence-electron chi connectivity index (χ1n) is 4.30. The molecule has 0 spiro atoms. The van der Waals surface area contributed by atoms with Crippen LogP contribution in [0.15, 0.2) is 0 Å². The maximum absolute atomic E-state index is 10.4. The lowest BCUT2D eigenvalue weighted by molar-refractivity contribution is -0.140. The van der Waals surface area contributed by atoms with Gasteiger partial charge in [0.2, 0.25) is 0 Å². The SMILES string of the molecule is C[C@H](C=O)C[C@H]1COC(C)(C)O1. The molecular weight excluding hydrogens is 156 g/mol. The first kappa shape index (κ1) is 9.68. The van der Waals surface area contributed by atoms with E-state index in [2.05, 4.69) is 0 Å². The quantitative estimate of drug-likeness (QED) is 0.603. The molecule has 0 amide bonds. The molecule has 2 atom stereocenters. The molecule has 1 aliphatic rings. The lowest BCUT2D eigenvalue weighted by Gasteiger charge is -2.17. The summed E-state index contributed by atoms with van der Waals surface area (Å²) in [4.78, 5) is 10.4. The highest BCUT2D eigenvalue weighted by atomic mass is 16.7. The molecule has 70 valence electrons. The Bertz CT molecular complexity index is 165. The Kier molecular flexibility index (Phi) is 2.85. The van der Waals surface area contributed by atoms with E-state index in [9.17, 15) is 4.79 Å². The number of carbonyl (C=O) groups is 1. The highest BCUT2D eigenvalue weighted by molar-refractivity contribution is 5.52. The fourth-order valence-electron chi connectivity index (χ4n) is 1.35. The Balaban J connectivity index is 2.33. The number of ether oxygens (including phenoxy) is 2. The molecule has 0 unspecified atom stereocenters. The molecule has 1 fully saturated rings. The smallest absolute Gasteiger partial charge is 0.163 e. The van der Waals surface area contributed by atoms with Crippen molar-refractivity contribution in [2.75, 3.05) is 6.61 Å². The summed E-state index contributed by atoms with van der Waals surface area (Å²) < 4.78 is 10.9. The van der Waals surface area contributed by atoms with Gasteiger partial charge in [0, 0.05) is 5.92 Å². The summed E-state index contributed by atoms with van der Waals surface area (Å²) in [6.07, 6.45) is 1.79. The zero-order valence-corrected chi connectivity index (χ0v) is 7.87. The number of hydrogen-bond donors (Lipinski definition) is 0. The molecule has 0 aromatic carbocycles. The molecule has 0 aliphatic carbocycles. The number of aldehydes is 1. The van der Waals surface area contributed by atoms with Crippen molar-refractivity contribution in [3.05, 3.63) is 0 Å². The summed E-state index contributed by atoms with van der Waals surface area (Å²) in [5.41, 5.74) is 0. The molecule has 0 N–H and O–H groups in total. The van der Waals surface area contributed by atoms with E-state index in [4.69, 9.17) is 9.47 Å². The molecule has 3 nitrogen and oxygen atoms in total. The van der Waals surface area contributed by atoms with Gasteiger partial charge in [-0.3, -0.25) is 0 Å². The van der Waals surface area contributed by atoms with E-state index in [0.29, 0.717) is 6.61 Å². The molecular formula is C9H16O3. The van der Waals surface area contributed by atoms with Gasteiger partial charge in [0.15, 0.2) is 5.79 Å². The Morgan fingerprint density at radius 2 is 2.33 bits per heavy atom. The molecule has 0 aromatic rings. The van der Waals surface area contributed by atoms with Gasteiger partial charge in [-0.1, -0.05) is 6.92 Å². The normalized spacial score (nSPS) is 30.1. The van der Waals surface area contributed by atoms with Crippen LogP contribution in [0.5, 0.6) is 0 Å². The largest absolute Gasteiger partial charge is 0.348 e. The van der Waals surface area contributed by atoms with Gasteiger partial charge < -0.3 is 14.3 Å². The van der Waals surface area contributed by atoms with E-state index in [-0.39, 0.29) is 12.0 Å². The van der Waals surface area contributed by atoms with E-state index in [1.165, 1.54) is 0 Å². The van der Waals surface area contributed by atoms with Crippen molar-refractivity contribution < 1.29 is 14.3 Å². The van der Waals surface area contributed by atoms with Crippen LogP contribution in [-0.4, -0.2) is 24.8 Å². The second-order valence-corrected chi connectivity index (χ2v) is 3.80. The minimum atomic E-state index is -0.465. The highest BCUT2D eigenvalue weighted by Crippen LogP contribution is 2.25. The lowest BCUT2D eigenvalue weighted by atomic mass is 10.1. The van der Waals surface area contributed by atoms with Crippen molar-refractivity contribution >= 4 is 6.29 Å². The van der Waals surface area contributed by atoms with Crippen molar-refractivity contribution in [1.29, 1.82) is 0 Å². The summed E-state index contributed by atoms with van der Waals surface area (Å²) in [5.74, 6) is -0.403. The van der Waals surface area contributed by atoms with Gasteiger partial charge in [0.1, 0.15) is 6.29 Å². The maximum atomic E-state index is 10.4. The molecule has 0 bridgehead atoms. The van der Waals surface area contributed by atoms with Crippen LogP contribution in [0.3, 0.4) is 0 Å². The standard InChI is InChI=1S/C9H16O3/c1-7(5-10)4-8-6-11-9(2,3)12-8/h5,7-8H,4,6H2,1-3H3/t7-,8-/m0/s1. The van der Waals surface area contributed by atoms with Crippen LogP contribution in [-0.2, 0) is 14.3 Å². The predicted octanol–water partition coefficient (Wildman–Crippen LogP) is 1.36. The monoisotopic (exact) mass is 172 g/mol. The molecule has 1 heterocycles. The van der Waals surface area contributed by atoms with E-state index in [0.717, 1.165) is 12.7 Å². The average molecular weight is 172 g/mol. The third kappa shape index (κ3) is 2.57. The van der Waals surface area contributed by atoms with E-state index in [1.807, 2.05) is 20.8 Å². The fourth-order valence-corrected chi connectivity index (χ4v) is 1.35. The maximum Gasteiger partial charge on any atom is 0.163 e. The number of rotatable bonds is 3. The molecule has 1 aliphatic heterocycles. The molecule has 3 heteroatoms. The zero-order chi connectivity index (χ0) is 9.19. The first-order valence-corrected chi connectivity index (χ1v) is 4.30. The van der Waals surface area contributed by atoms with Crippen molar-refractivity contribution in [2.24, 2.45) is 5.92 Å². The van der Waals surface area contributed by atoms with Crippen LogP contribution in [0.25, 0.3) is 0 Å². The van der Waals surface area contributed by atoms with Crippen molar-refractivity contribution in [3.63, 3.8) is 0 Å². The summed E-state index contributed by atoms with van der Waals surface area (Å²) in [7, 11) is 0. The van der Waals surface area contributed by atoms with E-state index < -0.39 is 5.79 Å². The summed E-state index contributed by atoms with van der Waals surface area (Å²) in [5, 5.41) is 0. The molecule has 0 radical (unpaired) electrons. The van der Waals surface area contributed by atoms with Gasteiger partial charge in [0.25, 0.3) is 0 Å². The lowest BCUT2D eigenvalue weighted by Crippen LogP contribution is -2.22. The summed E-state index contributed by atoms with van der Waals surface area (Å²) >= 11 is 0. The average Bonchev–Trinajstić information content (AvgIpc) is 2.30. The molecule has 1 saturated heterocycles. The minimum absolute atomic E-state index is 0.0625. The first-order chi connectivity index (χ1) is 5.53. The van der Waals surface area contributed by atoms with Crippen molar-refractivity contribution in [3.8, 4) is 0 Å². The zero-order valence-electron chi connectivity index (χ0n) is 7.87. The van der Waals surface area contributed by atoms with Gasteiger partial charge >= 0.3 is 0 Å². The van der Waals surface area contributed by atoms with E-state index in [1.54, 1.807) is 0 Å². The molecule has 1 rings (SSSR count). The molecule has 0 saturated carbocycles. The van der Waals surface area contributed by atoms with Gasteiger partial charge in [-0.25, -0.2) is 0 Å². The number of hydrogen-bond acceptors (Lipinski definition) is 3. The highest BCUT2D eigenvalue weighted by Gasteiger charge is 2.33. The van der Waals surface area contributed by atoms with Gasteiger partial charge in [-0.2, -0.15) is 0 Å². The molecule has 12 heavy (non-hydrogen) atoms. The van der Waals surface area contributed by atoms with Crippen molar-refractivity contribution in [1.82, 2.24) is 0 Å². The Morgan fingerprint density at radius 1 is 1.67 bits per heavy atom. The van der Waals surface area contributed by atoms with E-state index >= 15 is 0 Å². The Labute approximate surface area is 73.0 Å².